The summed E-state index contributed by atoms with van der Waals surface area (Å²) in [5, 5.41) is 10.1. The molecule has 2 aliphatic heterocycles. The van der Waals surface area contributed by atoms with E-state index in [0.29, 0.717) is 11.8 Å². The molecule has 1 aromatic carbocycles. The van der Waals surface area contributed by atoms with E-state index in [-0.39, 0.29) is 11.0 Å². The molecule has 1 aromatic rings. The van der Waals surface area contributed by atoms with Crippen LogP contribution in [0.25, 0.3) is 0 Å². The van der Waals surface area contributed by atoms with Gasteiger partial charge in [-0.15, -0.1) is 0 Å². The van der Waals surface area contributed by atoms with Crippen LogP contribution in [0.15, 0.2) is 29.8 Å². The van der Waals surface area contributed by atoms with Crippen LogP contribution in [0.4, 0.5) is 0 Å². The van der Waals surface area contributed by atoms with Gasteiger partial charge in [0.05, 0.1) is 5.60 Å². The van der Waals surface area contributed by atoms with Crippen molar-refractivity contribution in [1.82, 2.24) is 4.90 Å². The van der Waals surface area contributed by atoms with Crippen LogP contribution in [0.5, 0.6) is 5.75 Å². The SMILES string of the molecule is CC(C)=CCN1CC[C@]23CCCO[C@@]2(C)[C@H]1Cc1ccc(O)cc13. The van der Waals surface area contributed by atoms with E-state index in [1.807, 2.05) is 12.1 Å². The average Bonchev–Trinajstić information content (AvgIpc) is 2.54. The number of ether oxygens (including phenoxy) is 1. The lowest BCUT2D eigenvalue weighted by Gasteiger charge is -2.64. The number of hydrogen-bond acceptors (Lipinski definition) is 3. The highest BCUT2D eigenvalue weighted by molar-refractivity contribution is 5.47. The number of hydrogen-bond donors (Lipinski definition) is 1. The minimum atomic E-state index is -0.153. The van der Waals surface area contributed by atoms with E-state index >= 15 is 0 Å². The summed E-state index contributed by atoms with van der Waals surface area (Å²) in [7, 11) is 0. The zero-order valence-electron chi connectivity index (χ0n) is 15.1. The molecule has 4 rings (SSSR count). The monoisotopic (exact) mass is 327 g/mol. The van der Waals surface area contributed by atoms with Crippen LogP contribution in [0.1, 0.15) is 51.2 Å². The Hall–Kier alpha value is -1.32. The van der Waals surface area contributed by atoms with E-state index in [2.05, 4.69) is 37.8 Å². The van der Waals surface area contributed by atoms with E-state index in [9.17, 15) is 5.11 Å². The summed E-state index contributed by atoms with van der Waals surface area (Å²) < 4.78 is 6.52. The Bertz CT molecular complexity index is 678. The third-order valence-corrected chi connectivity index (χ3v) is 6.76. The van der Waals surface area contributed by atoms with Gasteiger partial charge in [-0.05, 0) is 76.3 Å². The van der Waals surface area contributed by atoms with Crippen molar-refractivity contribution < 1.29 is 9.84 Å². The van der Waals surface area contributed by atoms with Gasteiger partial charge in [0, 0.05) is 24.6 Å². The van der Waals surface area contributed by atoms with Gasteiger partial charge >= 0.3 is 0 Å². The topological polar surface area (TPSA) is 32.7 Å². The van der Waals surface area contributed by atoms with Gasteiger partial charge in [-0.2, -0.15) is 0 Å². The first-order valence-corrected chi connectivity index (χ1v) is 9.30. The Morgan fingerprint density at radius 3 is 3.00 bits per heavy atom. The highest BCUT2D eigenvalue weighted by Gasteiger charge is 2.62. The lowest BCUT2D eigenvalue weighted by molar-refractivity contribution is -0.195. The molecule has 3 nitrogen and oxygen atoms in total. The van der Waals surface area contributed by atoms with Crippen molar-refractivity contribution in [3.63, 3.8) is 0 Å². The summed E-state index contributed by atoms with van der Waals surface area (Å²) in [6, 6.07) is 6.42. The van der Waals surface area contributed by atoms with Crippen LogP contribution in [0, 0.1) is 0 Å². The molecule has 2 saturated heterocycles. The highest BCUT2D eigenvalue weighted by Crippen LogP contribution is 2.57. The van der Waals surface area contributed by atoms with Gasteiger partial charge in [0.25, 0.3) is 0 Å². The summed E-state index contributed by atoms with van der Waals surface area (Å²) in [6.45, 7) is 9.66. The predicted molar refractivity (Wildman–Crippen MR) is 96.5 cm³/mol. The number of allylic oxidation sites excluding steroid dienone is 1. The highest BCUT2D eigenvalue weighted by atomic mass is 16.5. The number of phenolic OH excluding ortho intramolecular Hbond substituents is 1. The van der Waals surface area contributed by atoms with Crippen LogP contribution in [0.2, 0.25) is 0 Å². The van der Waals surface area contributed by atoms with Crippen LogP contribution in [-0.2, 0) is 16.6 Å². The Morgan fingerprint density at radius 2 is 2.21 bits per heavy atom. The Labute approximate surface area is 145 Å². The van der Waals surface area contributed by atoms with Gasteiger partial charge in [0.15, 0.2) is 0 Å². The summed E-state index contributed by atoms with van der Waals surface area (Å²) in [5.41, 5.74) is 4.04. The second-order valence-corrected chi connectivity index (χ2v) is 8.23. The fraction of sp³-hybridized carbons (Fsp3) is 0.619. The number of benzene rings is 1. The molecule has 0 amide bonds. The number of rotatable bonds is 2. The quantitative estimate of drug-likeness (QED) is 0.839. The summed E-state index contributed by atoms with van der Waals surface area (Å²) in [5.74, 6) is 0.390. The smallest absolute Gasteiger partial charge is 0.115 e. The first-order chi connectivity index (χ1) is 11.5. The fourth-order valence-corrected chi connectivity index (χ4v) is 5.45. The number of piperidine rings is 1. The van der Waals surface area contributed by atoms with Gasteiger partial charge in [-0.1, -0.05) is 17.7 Å². The van der Waals surface area contributed by atoms with E-state index in [4.69, 9.17) is 4.74 Å². The number of aromatic hydroxyl groups is 1. The molecule has 1 aliphatic carbocycles. The van der Waals surface area contributed by atoms with Gasteiger partial charge in [-0.3, -0.25) is 4.90 Å². The maximum absolute atomic E-state index is 10.1. The summed E-state index contributed by atoms with van der Waals surface area (Å²) in [4.78, 5) is 2.62. The minimum absolute atomic E-state index is 0.0592. The molecular weight excluding hydrogens is 298 g/mol. The second kappa shape index (κ2) is 5.60. The lowest BCUT2D eigenvalue weighted by atomic mass is 9.52. The molecule has 3 atom stereocenters. The Kier molecular flexibility index (Phi) is 3.77. The number of likely N-dealkylation sites (tertiary alicyclic amines) is 1. The van der Waals surface area contributed by atoms with Crippen molar-refractivity contribution in [2.75, 3.05) is 19.7 Å². The van der Waals surface area contributed by atoms with E-state index in [1.54, 1.807) is 0 Å². The zero-order valence-corrected chi connectivity index (χ0v) is 15.1. The van der Waals surface area contributed by atoms with Gasteiger partial charge < -0.3 is 9.84 Å². The molecule has 0 spiro atoms. The molecule has 130 valence electrons. The molecule has 1 N–H and O–H groups in total. The standard InChI is InChI=1S/C21H29NO2/c1-15(2)7-10-22-11-9-21-8-4-12-24-20(21,3)19(22)13-16-5-6-17(23)14-18(16)21/h5-7,14,19,23H,4,8-13H2,1-3H3/t19-,20+,21+/m1/s1. The van der Waals surface area contributed by atoms with Crippen LogP contribution in [0.3, 0.4) is 0 Å². The maximum atomic E-state index is 10.1. The molecule has 0 saturated carbocycles. The zero-order chi connectivity index (χ0) is 16.9. The van der Waals surface area contributed by atoms with Crippen molar-refractivity contribution >= 4 is 0 Å². The lowest BCUT2D eigenvalue weighted by Crippen LogP contribution is -2.72. The number of nitrogens with zero attached hydrogens (tertiary/aromatic N) is 1. The van der Waals surface area contributed by atoms with E-state index < -0.39 is 0 Å². The molecule has 2 bridgehead atoms. The van der Waals surface area contributed by atoms with Crippen molar-refractivity contribution in [1.29, 1.82) is 0 Å². The maximum Gasteiger partial charge on any atom is 0.115 e. The molecule has 3 heteroatoms. The molecule has 2 fully saturated rings. The Balaban J connectivity index is 1.81. The van der Waals surface area contributed by atoms with Crippen molar-refractivity contribution in [3.8, 4) is 5.75 Å². The molecule has 0 unspecified atom stereocenters. The molecule has 24 heavy (non-hydrogen) atoms. The fourth-order valence-electron chi connectivity index (χ4n) is 5.45. The largest absolute Gasteiger partial charge is 0.508 e. The molecule has 0 aromatic heterocycles. The van der Waals surface area contributed by atoms with Crippen molar-refractivity contribution in [3.05, 3.63) is 41.0 Å². The molecule has 3 aliphatic rings. The molecule has 2 heterocycles. The molecular formula is C21H29NO2. The first-order valence-electron chi connectivity index (χ1n) is 9.30. The summed E-state index contributed by atoms with van der Waals surface area (Å²) >= 11 is 0. The number of phenols is 1. The molecule has 0 radical (unpaired) electrons. The van der Waals surface area contributed by atoms with Crippen molar-refractivity contribution in [2.24, 2.45) is 0 Å². The predicted octanol–water partition coefficient (Wildman–Crippen LogP) is 3.80. The van der Waals surface area contributed by atoms with E-state index in [0.717, 1.165) is 39.0 Å². The van der Waals surface area contributed by atoms with Crippen LogP contribution >= 0.6 is 0 Å². The third-order valence-electron chi connectivity index (χ3n) is 6.76. The Morgan fingerprint density at radius 1 is 1.38 bits per heavy atom. The van der Waals surface area contributed by atoms with Crippen LogP contribution in [-0.4, -0.2) is 41.3 Å². The minimum Gasteiger partial charge on any atom is -0.508 e. The first kappa shape index (κ1) is 16.2. The van der Waals surface area contributed by atoms with Crippen LogP contribution < -0.4 is 0 Å². The third kappa shape index (κ3) is 2.18. The summed E-state index contributed by atoms with van der Waals surface area (Å²) in [6.07, 6.45) is 6.77. The second-order valence-electron chi connectivity index (χ2n) is 8.23. The normalized spacial score (nSPS) is 35.0. The van der Waals surface area contributed by atoms with Gasteiger partial charge in [-0.25, -0.2) is 0 Å². The number of fused-ring (bicyclic) bond motifs is 1. The van der Waals surface area contributed by atoms with Gasteiger partial charge in [0.1, 0.15) is 5.75 Å². The van der Waals surface area contributed by atoms with Gasteiger partial charge in [0.2, 0.25) is 0 Å². The van der Waals surface area contributed by atoms with Crippen molar-refractivity contribution in [2.45, 2.75) is 63.5 Å². The average molecular weight is 327 g/mol. The van der Waals surface area contributed by atoms with E-state index in [1.165, 1.54) is 23.1 Å².